The molecule has 2 rings (SSSR count). The molecule has 19 heavy (non-hydrogen) atoms. The Labute approximate surface area is 113 Å². The van der Waals surface area contributed by atoms with Crippen molar-refractivity contribution in [1.29, 1.82) is 0 Å². The first-order valence-electron chi connectivity index (χ1n) is 6.08. The molecule has 1 heterocycles. The summed E-state index contributed by atoms with van der Waals surface area (Å²) in [5.41, 5.74) is 3.76. The first-order valence-corrected chi connectivity index (χ1v) is 6.08. The highest BCUT2D eigenvalue weighted by Gasteiger charge is 2.10. The lowest BCUT2D eigenvalue weighted by molar-refractivity contribution is 0.102. The number of rotatable bonds is 3. The Bertz CT molecular complexity index is 618. The van der Waals surface area contributed by atoms with Crippen LogP contribution in [0.15, 0.2) is 49.0 Å². The van der Waals surface area contributed by atoms with Crippen LogP contribution in [0.1, 0.15) is 28.7 Å². The molecule has 0 aliphatic carbocycles. The average Bonchev–Trinajstić information content (AvgIpc) is 2.41. The van der Waals surface area contributed by atoms with E-state index in [1.165, 1.54) is 0 Å². The second-order valence-electron chi connectivity index (χ2n) is 4.45. The third-order valence-corrected chi connectivity index (χ3v) is 2.72. The molecule has 1 N–H and O–H groups in total. The number of carbonyl (C=O) groups is 1. The summed E-state index contributed by atoms with van der Waals surface area (Å²) >= 11 is 0. The van der Waals surface area contributed by atoms with Gasteiger partial charge in [-0.15, -0.1) is 0 Å². The summed E-state index contributed by atoms with van der Waals surface area (Å²) in [5.74, 6) is -0.145. The fourth-order valence-electron chi connectivity index (χ4n) is 1.77. The van der Waals surface area contributed by atoms with Crippen molar-refractivity contribution in [2.75, 3.05) is 5.32 Å². The van der Waals surface area contributed by atoms with Crippen LogP contribution in [0.4, 0.5) is 5.69 Å². The minimum Gasteiger partial charge on any atom is -0.320 e. The van der Waals surface area contributed by atoms with Gasteiger partial charge in [0.25, 0.3) is 5.91 Å². The molecule has 0 fully saturated rings. The topological polar surface area (TPSA) is 42.0 Å². The Morgan fingerprint density at radius 3 is 2.47 bits per heavy atom. The molecule has 0 aliphatic heterocycles. The maximum Gasteiger partial charge on any atom is 0.255 e. The smallest absolute Gasteiger partial charge is 0.255 e. The molecule has 0 saturated carbocycles. The zero-order chi connectivity index (χ0) is 13.8. The van der Waals surface area contributed by atoms with Crippen LogP contribution in [-0.4, -0.2) is 10.9 Å². The van der Waals surface area contributed by atoms with Gasteiger partial charge in [-0.1, -0.05) is 24.8 Å². The summed E-state index contributed by atoms with van der Waals surface area (Å²) in [6.45, 7) is 7.68. The van der Waals surface area contributed by atoms with Crippen LogP contribution in [0.5, 0.6) is 0 Å². The van der Waals surface area contributed by atoms with Crippen molar-refractivity contribution in [3.05, 3.63) is 66.0 Å². The van der Waals surface area contributed by atoms with Gasteiger partial charge in [0.05, 0.1) is 11.4 Å². The van der Waals surface area contributed by atoms with Gasteiger partial charge >= 0.3 is 0 Å². The molecule has 1 amide bonds. The molecule has 0 aliphatic rings. The Kier molecular flexibility index (Phi) is 3.76. The highest BCUT2D eigenvalue weighted by atomic mass is 16.1. The molecule has 0 bridgehead atoms. The summed E-state index contributed by atoms with van der Waals surface area (Å²) in [7, 11) is 0. The van der Waals surface area contributed by atoms with E-state index in [0.717, 1.165) is 17.0 Å². The number of carbonyl (C=O) groups excluding carboxylic acids is 1. The van der Waals surface area contributed by atoms with Crippen molar-refractivity contribution in [3.8, 4) is 0 Å². The summed E-state index contributed by atoms with van der Waals surface area (Å²) in [6.07, 6.45) is 0. The zero-order valence-electron chi connectivity index (χ0n) is 11.1. The number of hydrogen-bond donors (Lipinski definition) is 1. The third kappa shape index (κ3) is 3.07. The largest absolute Gasteiger partial charge is 0.320 e. The Hall–Kier alpha value is -2.42. The standard InChI is InChI=1S/C16H16N2O/c1-11(2)15-14(10-9-12(3)17-15)18-16(19)13-7-5-4-6-8-13/h4-10H,1H2,2-3H3,(H,18,19). The molecular formula is C16H16N2O. The zero-order valence-corrected chi connectivity index (χ0v) is 11.1. The van der Waals surface area contributed by atoms with Gasteiger partial charge in [0.1, 0.15) is 0 Å². The maximum absolute atomic E-state index is 12.1. The van der Waals surface area contributed by atoms with E-state index in [-0.39, 0.29) is 5.91 Å². The van der Waals surface area contributed by atoms with E-state index in [4.69, 9.17) is 0 Å². The molecule has 3 nitrogen and oxygen atoms in total. The van der Waals surface area contributed by atoms with Gasteiger partial charge in [0.2, 0.25) is 0 Å². The normalized spacial score (nSPS) is 10.0. The fraction of sp³-hybridized carbons (Fsp3) is 0.125. The van der Waals surface area contributed by atoms with Crippen molar-refractivity contribution >= 4 is 17.2 Å². The molecule has 0 saturated heterocycles. The van der Waals surface area contributed by atoms with Crippen LogP contribution in [0.3, 0.4) is 0 Å². The van der Waals surface area contributed by atoms with Crippen molar-refractivity contribution in [3.63, 3.8) is 0 Å². The summed E-state index contributed by atoms with van der Waals surface area (Å²) in [5, 5.41) is 2.87. The van der Waals surface area contributed by atoms with Gasteiger partial charge in [-0.25, -0.2) is 0 Å². The minimum absolute atomic E-state index is 0.145. The number of nitrogens with one attached hydrogen (secondary N) is 1. The van der Waals surface area contributed by atoms with Crippen molar-refractivity contribution in [2.24, 2.45) is 0 Å². The van der Waals surface area contributed by atoms with Gasteiger partial charge in [-0.3, -0.25) is 9.78 Å². The number of hydrogen-bond acceptors (Lipinski definition) is 2. The lowest BCUT2D eigenvalue weighted by Crippen LogP contribution is -2.13. The van der Waals surface area contributed by atoms with E-state index >= 15 is 0 Å². The fourth-order valence-corrected chi connectivity index (χ4v) is 1.77. The van der Waals surface area contributed by atoms with Gasteiger partial charge in [-0.2, -0.15) is 0 Å². The summed E-state index contributed by atoms with van der Waals surface area (Å²) in [6, 6.07) is 12.8. The number of aromatic nitrogens is 1. The highest BCUT2D eigenvalue weighted by Crippen LogP contribution is 2.21. The molecule has 1 aromatic carbocycles. The monoisotopic (exact) mass is 252 g/mol. The van der Waals surface area contributed by atoms with E-state index in [1.54, 1.807) is 12.1 Å². The van der Waals surface area contributed by atoms with E-state index in [9.17, 15) is 4.79 Å². The number of benzene rings is 1. The molecule has 0 spiro atoms. The predicted octanol–water partition coefficient (Wildman–Crippen LogP) is 3.68. The van der Waals surface area contributed by atoms with Crippen molar-refractivity contribution < 1.29 is 4.79 Å². The van der Waals surface area contributed by atoms with E-state index < -0.39 is 0 Å². The Balaban J connectivity index is 2.29. The van der Waals surface area contributed by atoms with Crippen molar-refractivity contribution in [1.82, 2.24) is 4.98 Å². The molecule has 0 unspecified atom stereocenters. The molecule has 2 aromatic rings. The second kappa shape index (κ2) is 5.48. The number of nitrogens with zero attached hydrogens (tertiary/aromatic N) is 1. The second-order valence-corrected chi connectivity index (χ2v) is 4.45. The Morgan fingerprint density at radius 1 is 1.16 bits per heavy atom. The van der Waals surface area contributed by atoms with E-state index in [2.05, 4.69) is 16.9 Å². The van der Waals surface area contributed by atoms with E-state index in [1.807, 2.05) is 44.2 Å². The molecular weight excluding hydrogens is 236 g/mol. The average molecular weight is 252 g/mol. The molecule has 3 heteroatoms. The van der Waals surface area contributed by atoms with Crippen molar-refractivity contribution in [2.45, 2.75) is 13.8 Å². The van der Waals surface area contributed by atoms with Crippen LogP contribution in [0.25, 0.3) is 5.57 Å². The first-order chi connectivity index (χ1) is 9.08. The number of anilines is 1. The molecule has 96 valence electrons. The molecule has 0 atom stereocenters. The predicted molar refractivity (Wildman–Crippen MR) is 78.1 cm³/mol. The van der Waals surface area contributed by atoms with E-state index in [0.29, 0.717) is 11.3 Å². The number of allylic oxidation sites excluding steroid dienone is 1. The molecule has 0 radical (unpaired) electrons. The van der Waals surface area contributed by atoms with Crippen LogP contribution in [0.2, 0.25) is 0 Å². The number of aryl methyl sites for hydroxylation is 1. The lowest BCUT2D eigenvalue weighted by Gasteiger charge is -2.11. The summed E-state index contributed by atoms with van der Waals surface area (Å²) in [4.78, 5) is 16.5. The lowest BCUT2D eigenvalue weighted by atomic mass is 10.1. The van der Waals surface area contributed by atoms with Gasteiger partial charge < -0.3 is 5.32 Å². The van der Waals surface area contributed by atoms with Crippen LogP contribution in [0, 0.1) is 6.92 Å². The van der Waals surface area contributed by atoms with Crippen LogP contribution in [-0.2, 0) is 0 Å². The van der Waals surface area contributed by atoms with Crippen LogP contribution >= 0.6 is 0 Å². The third-order valence-electron chi connectivity index (χ3n) is 2.72. The van der Waals surface area contributed by atoms with Gasteiger partial charge in [0, 0.05) is 11.3 Å². The number of pyridine rings is 1. The minimum atomic E-state index is -0.145. The number of amides is 1. The van der Waals surface area contributed by atoms with Crippen LogP contribution < -0.4 is 5.32 Å². The SMILES string of the molecule is C=C(C)c1nc(C)ccc1NC(=O)c1ccccc1. The Morgan fingerprint density at radius 2 is 1.84 bits per heavy atom. The maximum atomic E-state index is 12.1. The first kappa shape index (κ1) is 13.0. The summed E-state index contributed by atoms with van der Waals surface area (Å²) < 4.78 is 0. The highest BCUT2D eigenvalue weighted by molar-refractivity contribution is 6.05. The van der Waals surface area contributed by atoms with Gasteiger partial charge in [-0.05, 0) is 43.7 Å². The molecule has 1 aromatic heterocycles. The quantitative estimate of drug-likeness (QED) is 0.905. The van der Waals surface area contributed by atoms with Gasteiger partial charge in [0.15, 0.2) is 0 Å².